The van der Waals surface area contributed by atoms with Crippen LogP contribution in [0.15, 0.2) is 66.4 Å². The standard InChI is InChI=1S/C24H27N/c1-6-10-19-15-20(14-13-16(19)3)17(4)24-21(7-2)18(5)22-11-8-9-12-23(22)25-24/h7-9,11-15,25H,5-6,10H2,1-4H3/b21-7-,24-17-. The molecule has 1 aliphatic heterocycles. The van der Waals surface area contributed by atoms with E-state index in [1.165, 1.54) is 39.8 Å². The molecule has 1 nitrogen and oxygen atoms in total. The summed E-state index contributed by atoms with van der Waals surface area (Å²) in [4.78, 5) is 0. The van der Waals surface area contributed by atoms with Gasteiger partial charge in [-0.1, -0.05) is 62.4 Å². The van der Waals surface area contributed by atoms with Gasteiger partial charge < -0.3 is 5.32 Å². The highest BCUT2D eigenvalue weighted by molar-refractivity contribution is 5.97. The number of para-hydroxylation sites is 1. The first-order valence-corrected chi connectivity index (χ1v) is 9.10. The molecule has 2 aromatic carbocycles. The second-order valence-electron chi connectivity index (χ2n) is 6.74. The Labute approximate surface area is 151 Å². The van der Waals surface area contributed by atoms with Gasteiger partial charge in [0.05, 0.1) is 0 Å². The first kappa shape index (κ1) is 17.3. The molecule has 0 spiro atoms. The Kier molecular flexibility index (Phi) is 4.94. The fraction of sp³-hybridized carbons (Fsp3) is 0.250. The lowest BCUT2D eigenvalue weighted by atomic mass is 9.87. The monoisotopic (exact) mass is 329 g/mol. The van der Waals surface area contributed by atoms with Crippen molar-refractivity contribution in [3.8, 4) is 0 Å². The van der Waals surface area contributed by atoms with E-state index in [9.17, 15) is 0 Å². The summed E-state index contributed by atoms with van der Waals surface area (Å²) in [5.41, 5.74) is 11.1. The molecule has 1 aliphatic rings. The average molecular weight is 329 g/mol. The number of hydrogen-bond donors (Lipinski definition) is 1. The molecule has 0 bridgehead atoms. The summed E-state index contributed by atoms with van der Waals surface area (Å²) in [6.45, 7) is 13.1. The summed E-state index contributed by atoms with van der Waals surface area (Å²) in [6, 6.07) is 15.2. The van der Waals surface area contributed by atoms with E-state index in [2.05, 4.69) is 88.1 Å². The number of aryl methyl sites for hydroxylation is 2. The lowest BCUT2D eigenvalue weighted by molar-refractivity contribution is 0.912. The number of hydrogen-bond acceptors (Lipinski definition) is 1. The highest BCUT2D eigenvalue weighted by Gasteiger charge is 2.22. The molecular formula is C24H27N. The molecule has 2 aromatic rings. The van der Waals surface area contributed by atoms with Crippen LogP contribution in [0.5, 0.6) is 0 Å². The lowest BCUT2D eigenvalue weighted by Gasteiger charge is -2.28. The van der Waals surface area contributed by atoms with Crippen molar-refractivity contribution in [2.45, 2.75) is 40.5 Å². The second-order valence-corrected chi connectivity index (χ2v) is 6.74. The predicted octanol–water partition coefficient (Wildman–Crippen LogP) is 6.76. The normalized spacial score (nSPS) is 17.3. The molecule has 0 aromatic heterocycles. The van der Waals surface area contributed by atoms with Gasteiger partial charge in [0, 0.05) is 22.5 Å². The number of benzene rings is 2. The van der Waals surface area contributed by atoms with Crippen molar-refractivity contribution in [2.75, 3.05) is 5.32 Å². The zero-order valence-corrected chi connectivity index (χ0v) is 15.7. The third-order valence-corrected chi connectivity index (χ3v) is 5.07. The highest BCUT2D eigenvalue weighted by Crippen LogP contribution is 2.40. The summed E-state index contributed by atoms with van der Waals surface area (Å²) >= 11 is 0. The minimum atomic E-state index is 1.09. The van der Waals surface area contributed by atoms with Crippen LogP contribution in [-0.2, 0) is 6.42 Å². The Morgan fingerprint density at radius 3 is 2.64 bits per heavy atom. The van der Waals surface area contributed by atoms with Gasteiger partial charge in [-0.2, -0.15) is 0 Å². The second kappa shape index (κ2) is 7.14. The fourth-order valence-corrected chi connectivity index (χ4v) is 3.56. The molecule has 3 rings (SSSR count). The Morgan fingerprint density at radius 2 is 1.92 bits per heavy atom. The third-order valence-electron chi connectivity index (χ3n) is 5.07. The van der Waals surface area contributed by atoms with Gasteiger partial charge in [0.25, 0.3) is 0 Å². The van der Waals surface area contributed by atoms with E-state index in [1.54, 1.807) is 0 Å². The highest BCUT2D eigenvalue weighted by atomic mass is 14.9. The molecular weight excluding hydrogens is 302 g/mol. The van der Waals surface area contributed by atoms with Crippen LogP contribution in [0, 0.1) is 6.92 Å². The molecule has 0 fully saturated rings. The first-order chi connectivity index (χ1) is 12.1. The maximum atomic E-state index is 4.35. The molecule has 0 unspecified atom stereocenters. The molecule has 0 saturated carbocycles. The summed E-state index contributed by atoms with van der Waals surface area (Å²) in [5, 5.41) is 3.64. The van der Waals surface area contributed by atoms with E-state index < -0.39 is 0 Å². The largest absolute Gasteiger partial charge is 0.354 e. The number of fused-ring (bicyclic) bond motifs is 1. The summed E-state index contributed by atoms with van der Waals surface area (Å²) in [6.07, 6.45) is 4.45. The Bertz CT molecular complexity index is 881. The van der Waals surface area contributed by atoms with Gasteiger partial charge in [0.15, 0.2) is 0 Å². The lowest BCUT2D eigenvalue weighted by Crippen LogP contribution is -2.13. The van der Waals surface area contributed by atoms with Crippen LogP contribution >= 0.6 is 0 Å². The number of nitrogens with one attached hydrogen (secondary N) is 1. The van der Waals surface area contributed by atoms with Crippen LogP contribution in [0.1, 0.15) is 49.4 Å². The summed E-state index contributed by atoms with van der Waals surface area (Å²) in [5.74, 6) is 0. The van der Waals surface area contributed by atoms with E-state index in [0.29, 0.717) is 0 Å². The van der Waals surface area contributed by atoms with Gasteiger partial charge in [-0.25, -0.2) is 0 Å². The SMILES string of the molecule is C=C1C(=C/C)/C(=C(\C)c2ccc(C)c(CCC)c2)Nc2ccccc21. The summed E-state index contributed by atoms with van der Waals surface area (Å²) in [7, 11) is 0. The van der Waals surface area contributed by atoms with Gasteiger partial charge in [0.1, 0.15) is 0 Å². The maximum absolute atomic E-state index is 4.35. The number of allylic oxidation sites excluding steroid dienone is 3. The van der Waals surface area contributed by atoms with E-state index >= 15 is 0 Å². The topological polar surface area (TPSA) is 12.0 Å². The molecule has 0 atom stereocenters. The molecule has 1 heteroatoms. The van der Waals surface area contributed by atoms with E-state index in [1.807, 2.05) is 0 Å². The van der Waals surface area contributed by atoms with Crippen molar-refractivity contribution in [3.63, 3.8) is 0 Å². The molecule has 128 valence electrons. The molecule has 1 N–H and O–H groups in total. The molecule has 0 saturated heterocycles. The maximum Gasteiger partial charge on any atom is 0.0496 e. The van der Waals surface area contributed by atoms with Crippen molar-refractivity contribution in [2.24, 2.45) is 0 Å². The zero-order chi connectivity index (χ0) is 18.0. The third kappa shape index (κ3) is 3.19. The van der Waals surface area contributed by atoms with Crippen LogP contribution < -0.4 is 5.32 Å². The zero-order valence-electron chi connectivity index (χ0n) is 15.7. The van der Waals surface area contributed by atoms with Crippen LogP contribution in [-0.4, -0.2) is 0 Å². The van der Waals surface area contributed by atoms with E-state index in [-0.39, 0.29) is 0 Å². The van der Waals surface area contributed by atoms with Gasteiger partial charge in [0.2, 0.25) is 0 Å². The molecule has 25 heavy (non-hydrogen) atoms. The molecule has 0 radical (unpaired) electrons. The number of anilines is 1. The minimum Gasteiger partial charge on any atom is -0.354 e. The van der Waals surface area contributed by atoms with Crippen LogP contribution in [0.4, 0.5) is 5.69 Å². The van der Waals surface area contributed by atoms with Gasteiger partial charge in [-0.05, 0) is 61.1 Å². The van der Waals surface area contributed by atoms with Gasteiger partial charge in [-0.15, -0.1) is 0 Å². The van der Waals surface area contributed by atoms with Crippen LogP contribution in [0.2, 0.25) is 0 Å². The Hall–Kier alpha value is -2.54. The van der Waals surface area contributed by atoms with Crippen molar-refractivity contribution < 1.29 is 0 Å². The van der Waals surface area contributed by atoms with Crippen LogP contribution in [0.3, 0.4) is 0 Å². The molecule has 1 heterocycles. The number of rotatable bonds is 3. The minimum absolute atomic E-state index is 1.09. The smallest absolute Gasteiger partial charge is 0.0496 e. The quantitative estimate of drug-likeness (QED) is 0.655. The Balaban J connectivity index is 2.13. The van der Waals surface area contributed by atoms with E-state index in [4.69, 9.17) is 0 Å². The van der Waals surface area contributed by atoms with Crippen LogP contribution in [0.25, 0.3) is 11.1 Å². The van der Waals surface area contributed by atoms with E-state index in [0.717, 1.165) is 23.4 Å². The molecule has 0 amide bonds. The van der Waals surface area contributed by atoms with Gasteiger partial charge in [-0.3, -0.25) is 0 Å². The van der Waals surface area contributed by atoms with Crippen molar-refractivity contribution >= 4 is 16.8 Å². The fourth-order valence-electron chi connectivity index (χ4n) is 3.56. The van der Waals surface area contributed by atoms with Gasteiger partial charge >= 0.3 is 0 Å². The van der Waals surface area contributed by atoms with Crippen molar-refractivity contribution in [1.29, 1.82) is 0 Å². The van der Waals surface area contributed by atoms with Crippen molar-refractivity contribution in [1.82, 2.24) is 0 Å². The molecule has 0 aliphatic carbocycles. The van der Waals surface area contributed by atoms with Crippen molar-refractivity contribution in [3.05, 3.63) is 88.6 Å². The first-order valence-electron chi connectivity index (χ1n) is 9.10. The average Bonchev–Trinajstić information content (AvgIpc) is 2.63. The predicted molar refractivity (Wildman–Crippen MR) is 111 cm³/mol. The Morgan fingerprint density at radius 1 is 1.16 bits per heavy atom. The summed E-state index contributed by atoms with van der Waals surface area (Å²) < 4.78 is 0.